The summed E-state index contributed by atoms with van der Waals surface area (Å²) < 4.78 is 28.7. The second kappa shape index (κ2) is 14.6. The Morgan fingerprint density at radius 1 is 0.878 bits per heavy atom. The summed E-state index contributed by atoms with van der Waals surface area (Å²) in [6.07, 6.45) is 0.956. The number of sulfonamides is 1. The number of benzene rings is 3. The maximum absolute atomic E-state index is 14.1. The van der Waals surface area contributed by atoms with Crippen molar-refractivity contribution in [3.8, 4) is 0 Å². The molecule has 12 heteroatoms. The molecule has 0 fully saturated rings. The first kappa shape index (κ1) is 33.0. The fourth-order valence-electron chi connectivity index (χ4n) is 4.11. The molecule has 0 saturated carbocycles. The predicted molar refractivity (Wildman–Crippen MR) is 166 cm³/mol. The zero-order valence-electron chi connectivity index (χ0n) is 22.8. The Morgan fingerprint density at radius 3 is 2.17 bits per heavy atom. The van der Waals surface area contributed by atoms with Crippen molar-refractivity contribution in [1.29, 1.82) is 0 Å². The minimum atomic E-state index is -4.29. The van der Waals surface area contributed by atoms with Crippen LogP contribution in [0.4, 0.5) is 5.69 Å². The Labute approximate surface area is 261 Å². The Balaban J connectivity index is 2.11. The lowest BCUT2D eigenvalue weighted by Gasteiger charge is -2.34. The molecule has 7 nitrogen and oxygen atoms in total. The van der Waals surface area contributed by atoms with Crippen molar-refractivity contribution in [1.82, 2.24) is 10.2 Å². The first-order valence-electron chi connectivity index (χ1n) is 13.0. The number of hydrogen-bond donors (Lipinski definition) is 1. The number of anilines is 1. The molecule has 3 aromatic rings. The fraction of sp³-hybridized carbons (Fsp3) is 0.310. The molecule has 0 heterocycles. The van der Waals surface area contributed by atoms with Crippen LogP contribution in [0.15, 0.2) is 71.6 Å². The van der Waals surface area contributed by atoms with Gasteiger partial charge in [-0.25, -0.2) is 8.42 Å². The molecule has 41 heavy (non-hydrogen) atoms. The maximum Gasteiger partial charge on any atom is 0.264 e. The van der Waals surface area contributed by atoms with Crippen LogP contribution in [0.1, 0.15) is 39.2 Å². The van der Waals surface area contributed by atoms with E-state index >= 15 is 0 Å². The highest BCUT2D eigenvalue weighted by atomic mass is 35.5. The summed E-state index contributed by atoms with van der Waals surface area (Å²) in [5, 5.41) is 3.73. The molecule has 0 aromatic heterocycles. The average Bonchev–Trinajstić information content (AvgIpc) is 2.94. The summed E-state index contributed by atoms with van der Waals surface area (Å²) in [6.45, 7) is 4.85. The predicted octanol–water partition coefficient (Wildman–Crippen LogP) is 7.22. The van der Waals surface area contributed by atoms with E-state index in [9.17, 15) is 18.0 Å². The number of carbonyl (C=O) groups excluding carboxylic acids is 2. The van der Waals surface area contributed by atoms with Crippen LogP contribution in [0.25, 0.3) is 0 Å². The van der Waals surface area contributed by atoms with Gasteiger partial charge < -0.3 is 10.2 Å². The quantitative estimate of drug-likeness (QED) is 0.223. The van der Waals surface area contributed by atoms with Crippen LogP contribution in [0.3, 0.4) is 0 Å². The van der Waals surface area contributed by atoms with Gasteiger partial charge in [-0.15, -0.1) is 0 Å². The summed E-state index contributed by atoms with van der Waals surface area (Å²) in [5.74, 6) is -1.00. The van der Waals surface area contributed by atoms with Gasteiger partial charge in [0.25, 0.3) is 10.0 Å². The third-order valence-corrected chi connectivity index (χ3v) is 9.72. The topological polar surface area (TPSA) is 86.8 Å². The van der Waals surface area contributed by atoms with E-state index in [-0.39, 0.29) is 45.5 Å². The van der Waals surface area contributed by atoms with E-state index in [2.05, 4.69) is 5.32 Å². The number of carbonyl (C=O) groups is 2. The van der Waals surface area contributed by atoms with E-state index in [1.165, 1.54) is 29.2 Å². The van der Waals surface area contributed by atoms with Crippen LogP contribution in [0.2, 0.25) is 20.1 Å². The number of halogens is 4. The lowest BCUT2D eigenvalue weighted by atomic mass is 10.1. The van der Waals surface area contributed by atoms with Gasteiger partial charge in [-0.05, 0) is 61.7 Å². The van der Waals surface area contributed by atoms with Gasteiger partial charge in [0.2, 0.25) is 11.8 Å². The Bertz CT molecular complexity index is 1490. The molecule has 2 amide bonds. The van der Waals surface area contributed by atoms with E-state index < -0.39 is 28.5 Å². The van der Waals surface area contributed by atoms with Gasteiger partial charge in [-0.2, -0.15) is 0 Å². The van der Waals surface area contributed by atoms with Gasteiger partial charge in [-0.3, -0.25) is 13.9 Å². The van der Waals surface area contributed by atoms with Crippen molar-refractivity contribution in [2.24, 2.45) is 0 Å². The van der Waals surface area contributed by atoms with Crippen molar-refractivity contribution in [3.63, 3.8) is 0 Å². The maximum atomic E-state index is 14.1. The van der Waals surface area contributed by atoms with Crippen LogP contribution in [0.5, 0.6) is 0 Å². The monoisotopic (exact) mass is 657 g/mol. The third kappa shape index (κ3) is 8.08. The number of amides is 2. The third-order valence-electron chi connectivity index (χ3n) is 6.55. The van der Waals surface area contributed by atoms with Crippen LogP contribution in [-0.4, -0.2) is 43.8 Å². The average molecular weight is 659 g/mol. The van der Waals surface area contributed by atoms with Gasteiger partial charge in [0.15, 0.2) is 0 Å². The molecule has 220 valence electrons. The standard InChI is InChI=1S/C29H31Cl4N3O4S/c1-4-19(3)34-29(38)25(5-2)35(17-20-14-15-21(30)16-24(20)32)27(37)18-36(26-13-9-12-23(31)28(26)33)41(39,40)22-10-7-6-8-11-22/h6-16,19,25H,4-5,17-18H2,1-3H3,(H,34,38). The second-order valence-electron chi connectivity index (χ2n) is 9.40. The normalized spacial score (nSPS) is 12.9. The van der Waals surface area contributed by atoms with Crippen LogP contribution < -0.4 is 9.62 Å². The molecule has 0 aliphatic heterocycles. The largest absolute Gasteiger partial charge is 0.352 e. The highest BCUT2D eigenvalue weighted by Gasteiger charge is 2.35. The van der Waals surface area contributed by atoms with E-state index in [1.54, 1.807) is 49.4 Å². The molecule has 3 aromatic carbocycles. The number of nitrogens with one attached hydrogen (secondary N) is 1. The van der Waals surface area contributed by atoms with Crippen molar-refractivity contribution >= 4 is 73.9 Å². The Hall–Kier alpha value is -2.49. The van der Waals surface area contributed by atoms with Gasteiger partial charge in [-0.1, -0.05) is 90.6 Å². The fourth-order valence-corrected chi connectivity index (χ4v) is 6.48. The van der Waals surface area contributed by atoms with Crippen molar-refractivity contribution in [2.45, 2.75) is 57.1 Å². The zero-order valence-corrected chi connectivity index (χ0v) is 26.6. The van der Waals surface area contributed by atoms with Gasteiger partial charge in [0.1, 0.15) is 12.6 Å². The molecular formula is C29H31Cl4N3O4S. The molecule has 3 rings (SSSR count). The van der Waals surface area contributed by atoms with E-state index in [0.29, 0.717) is 22.0 Å². The van der Waals surface area contributed by atoms with Gasteiger partial charge >= 0.3 is 0 Å². The van der Waals surface area contributed by atoms with E-state index in [0.717, 1.165) is 4.31 Å². The first-order valence-corrected chi connectivity index (χ1v) is 15.9. The van der Waals surface area contributed by atoms with Gasteiger partial charge in [0, 0.05) is 22.6 Å². The summed E-state index contributed by atoms with van der Waals surface area (Å²) in [7, 11) is -4.29. The number of nitrogens with zero attached hydrogens (tertiary/aromatic N) is 2. The zero-order chi connectivity index (χ0) is 30.3. The first-order chi connectivity index (χ1) is 19.4. The lowest BCUT2D eigenvalue weighted by molar-refractivity contribution is -0.140. The molecule has 0 radical (unpaired) electrons. The van der Waals surface area contributed by atoms with Crippen molar-refractivity contribution < 1.29 is 18.0 Å². The molecule has 0 spiro atoms. The summed E-state index contributed by atoms with van der Waals surface area (Å²) >= 11 is 25.2. The van der Waals surface area contributed by atoms with Crippen LogP contribution >= 0.6 is 46.4 Å². The smallest absolute Gasteiger partial charge is 0.264 e. The molecule has 0 saturated heterocycles. The van der Waals surface area contributed by atoms with Gasteiger partial charge in [0.05, 0.1) is 20.6 Å². The molecular weight excluding hydrogens is 628 g/mol. The van der Waals surface area contributed by atoms with E-state index in [4.69, 9.17) is 46.4 Å². The SMILES string of the molecule is CCC(C)NC(=O)C(CC)N(Cc1ccc(Cl)cc1Cl)C(=O)CN(c1cccc(Cl)c1Cl)S(=O)(=O)c1ccccc1. The highest BCUT2D eigenvalue weighted by Crippen LogP contribution is 2.35. The molecule has 0 aliphatic rings. The molecule has 1 N–H and O–H groups in total. The van der Waals surface area contributed by atoms with Crippen LogP contribution in [0, 0.1) is 0 Å². The minimum absolute atomic E-state index is 0.0259. The summed E-state index contributed by atoms with van der Waals surface area (Å²) in [5.41, 5.74) is 0.565. The summed E-state index contributed by atoms with van der Waals surface area (Å²) in [4.78, 5) is 28.8. The van der Waals surface area contributed by atoms with Crippen molar-refractivity contribution in [3.05, 3.63) is 92.4 Å². The van der Waals surface area contributed by atoms with Crippen LogP contribution in [-0.2, 0) is 26.2 Å². The Kier molecular flexibility index (Phi) is 11.8. The number of hydrogen-bond acceptors (Lipinski definition) is 4. The number of rotatable bonds is 12. The van der Waals surface area contributed by atoms with Crippen molar-refractivity contribution in [2.75, 3.05) is 10.8 Å². The van der Waals surface area contributed by atoms with E-state index in [1.807, 2.05) is 13.8 Å². The molecule has 0 bridgehead atoms. The molecule has 2 atom stereocenters. The summed E-state index contributed by atoms with van der Waals surface area (Å²) in [6, 6.07) is 16.0. The second-order valence-corrected chi connectivity index (χ2v) is 12.9. The Morgan fingerprint density at radius 2 is 1.56 bits per heavy atom. The minimum Gasteiger partial charge on any atom is -0.352 e. The highest BCUT2D eigenvalue weighted by molar-refractivity contribution is 7.92. The lowest BCUT2D eigenvalue weighted by Crippen LogP contribution is -2.53. The molecule has 0 aliphatic carbocycles. The molecule has 2 unspecified atom stereocenters.